The van der Waals surface area contributed by atoms with Crippen molar-refractivity contribution in [1.82, 2.24) is 4.98 Å². The second-order valence-corrected chi connectivity index (χ2v) is 6.09. The highest BCUT2D eigenvalue weighted by atomic mass is 16.5. The molecule has 1 aromatic heterocycles. The summed E-state index contributed by atoms with van der Waals surface area (Å²) in [4.78, 5) is 14.8. The second kappa shape index (κ2) is 6.50. The molecule has 0 saturated heterocycles. The van der Waals surface area contributed by atoms with Crippen LogP contribution in [0.15, 0.2) is 30.4 Å². The first kappa shape index (κ1) is 16.3. The summed E-state index contributed by atoms with van der Waals surface area (Å²) in [7, 11) is 0. The number of nitrogens with zero attached hydrogens (tertiary/aromatic N) is 1. The van der Waals surface area contributed by atoms with Gasteiger partial charge in [0.15, 0.2) is 0 Å². The van der Waals surface area contributed by atoms with Crippen LogP contribution >= 0.6 is 0 Å². The monoisotopic (exact) mass is 324 g/mol. The number of rotatable bonds is 5. The maximum Gasteiger partial charge on any atom is 0.306 e. The molecule has 0 fully saturated rings. The molecule has 0 aliphatic carbocycles. The average molecular weight is 324 g/mol. The lowest BCUT2D eigenvalue weighted by Crippen LogP contribution is -2.37. The van der Waals surface area contributed by atoms with Crippen LogP contribution in [0.4, 0.5) is 0 Å². The van der Waals surface area contributed by atoms with Crippen LogP contribution in [0.25, 0.3) is 10.9 Å². The largest absolute Gasteiger partial charge is 0.481 e. The van der Waals surface area contributed by atoms with Gasteiger partial charge in [0.1, 0.15) is 5.60 Å². The summed E-state index contributed by atoms with van der Waals surface area (Å²) >= 11 is 0. The van der Waals surface area contributed by atoms with Gasteiger partial charge in [-0.1, -0.05) is 18.2 Å². The van der Waals surface area contributed by atoms with E-state index in [0.717, 1.165) is 28.6 Å². The van der Waals surface area contributed by atoms with Gasteiger partial charge in [-0.2, -0.15) is 5.26 Å². The molecule has 0 radical (unpaired) electrons. The molecule has 2 aromatic rings. The Balaban J connectivity index is 2.18. The summed E-state index contributed by atoms with van der Waals surface area (Å²) in [6, 6.07) is 7.79. The highest BCUT2D eigenvalue weighted by Crippen LogP contribution is 2.43. The zero-order valence-corrected chi connectivity index (χ0v) is 13.6. The Hall–Kier alpha value is -2.58. The van der Waals surface area contributed by atoms with Gasteiger partial charge in [-0.25, -0.2) is 0 Å². The molecule has 3 rings (SSSR count). The first-order valence-electron chi connectivity index (χ1n) is 8.12. The number of ether oxygens (including phenoxy) is 1. The standard InChI is InChI=1S/C19H20N2O3/c1-2-3-4-9-19(11-16(22)23)18-14(8-10-24-19)17-13(12-20)6-5-7-15(17)21-18/h2-3,5-7,21H,4,8-11H2,1H3,(H,22,23)/b3-2+. The number of hydrogen-bond acceptors (Lipinski definition) is 3. The number of nitriles is 1. The molecule has 1 aromatic carbocycles. The van der Waals surface area contributed by atoms with Crippen LogP contribution in [-0.4, -0.2) is 22.7 Å². The Morgan fingerprint density at radius 1 is 1.54 bits per heavy atom. The fraction of sp³-hybridized carbons (Fsp3) is 0.368. The van der Waals surface area contributed by atoms with E-state index < -0.39 is 11.6 Å². The van der Waals surface area contributed by atoms with Crippen molar-refractivity contribution in [2.75, 3.05) is 6.61 Å². The molecule has 1 unspecified atom stereocenters. The highest BCUT2D eigenvalue weighted by Gasteiger charge is 2.41. The van der Waals surface area contributed by atoms with Crippen molar-refractivity contribution in [3.05, 3.63) is 47.2 Å². The molecule has 24 heavy (non-hydrogen) atoms. The number of aromatic nitrogens is 1. The smallest absolute Gasteiger partial charge is 0.306 e. The Morgan fingerprint density at radius 2 is 2.38 bits per heavy atom. The normalized spacial score (nSPS) is 20.2. The number of hydrogen-bond donors (Lipinski definition) is 2. The quantitative estimate of drug-likeness (QED) is 0.822. The zero-order chi connectivity index (χ0) is 17.2. The number of carbonyl (C=O) groups is 1. The van der Waals surface area contributed by atoms with Gasteiger partial charge >= 0.3 is 5.97 Å². The number of benzene rings is 1. The maximum atomic E-state index is 11.5. The number of allylic oxidation sites excluding steroid dienone is 2. The second-order valence-electron chi connectivity index (χ2n) is 6.09. The van der Waals surface area contributed by atoms with E-state index in [9.17, 15) is 15.2 Å². The van der Waals surface area contributed by atoms with Crippen molar-refractivity contribution < 1.29 is 14.6 Å². The van der Waals surface area contributed by atoms with Gasteiger partial charge in [0.05, 0.1) is 30.4 Å². The third-order valence-corrected chi connectivity index (χ3v) is 4.62. The molecule has 0 spiro atoms. The van der Waals surface area contributed by atoms with Crippen molar-refractivity contribution in [2.24, 2.45) is 0 Å². The number of aliphatic carboxylic acids is 1. The SMILES string of the molecule is C/C=C/CCC1(CC(=O)O)OCCc2c1[nH]c1cccc(C#N)c21. The molecule has 2 heterocycles. The summed E-state index contributed by atoms with van der Waals surface area (Å²) in [5.74, 6) is -0.887. The number of H-pyrrole nitrogens is 1. The zero-order valence-electron chi connectivity index (χ0n) is 13.6. The third kappa shape index (κ3) is 2.70. The van der Waals surface area contributed by atoms with Gasteiger partial charge in [-0.3, -0.25) is 4.79 Å². The van der Waals surface area contributed by atoms with E-state index in [0.29, 0.717) is 25.0 Å². The van der Waals surface area contributed by atoms with Crippen LogP contribution in [0, 0.1) is 11.3 Å². The molecule has 0 saturated carbocycles. The van der Waals surface area contributed by atoms with Crippen molar-refractivity contribution in [1.29, 1.82) is 5.26 Å². The molecule has 124 valence electrons. The van der Waals surface area contributed by atoms with Crippen LogP contribution in [-0.2, 0) is 21.6 Å². The van der Waals surface area contributed by atoms with E-state index >= 15 is 0 Å². The van der Waals surface area contributed by atoms with Gasteiger partial charge in [-0.05, 0) is 43.9 Å². The number of aromatic amines is 1. The lowest BCUT2D eigenvalue weighted by molar-refractivity contribution is -0.149. The van der Waals surface area contributed by atoms with E-state index in [1.807, 2.05) is 31.2 Å². The lowest BCUT2D eigenvalue weighted by atomic mass is 9.84. The van der Waals surface area contributed by atoms with Gasteiger partial charge in [0.25, 0.3) is 0 Å². The van der Waals surface area contributed by atoms with Gasteiger partial charge in [0.2, 0.25) is 0 Å². The van der Waals surface area contributed by atoms with E-state index in [1.165, 1.54) is 0 Å². The van der Waals surface area contributed by atoms with Crippen molar-refractivity contribution in [2.45, 2.75) is 38.2 Å². The first-order chi connectivity index (χ1) is 11.6. The molecule has 5 nitrogen and oxygen atoms in total. The van der Waals surface area contributed by atoms with E-state index in [-0.39, 0.29) is 6.42 Å². The summed E-state index contributed by atoms with van der Waals surface area (Å²) in [6.07, 6.45) is 5.89. The van der Waals surface area contributed by atoms with Crippen LogP contribution in [0.2, 0.25) is 0 Å². The van der Waals surface area contributed by atoms with Gasteiger partial charge < -0.3 is 14.8 Å². The molecule has 1 atom stereocenters. The van der Waals surface area contributed by atoms with E-state index in [2.05, 4.69) is 11.1 Å². The molecular formula is C19H20N2O3. The molecule has 2 N–H and O–H groups in total. The Bertz CT molecular complexity index is 844. The Labute approximate surface area is 140 Å². The molecule has 0 amide bonds. The summed E-state index contributed by atoms with van der Waals surface area (Å²) in [5.41, 5.74) is 2.45. The number of carboxylic acid groups (broad SMARTS) is 1. The minimum absolute atomic E-state index is 0.0910. The maximum absolute atomic E-state index is 11.5. The van der Waals surface area contributed by atoms with Crippen molar-refractivity contribution in [3.8, 4) is 6.07 Å². The molecule has 5 heteroatoms. The van der Waals surface area contributed by atoms with Crippen LogP contribution in [0.3, 0.4) is 0 Å². The molecule has 1 aliphatic heterocycles. The predicted octanol–water partition coefficient (Wildman–Crippen LogP) is 3.64. The van der Waals surface area contributed by atoms with Crippen LogP contribution in [0.1, 0.15) is 43.0 Å². The van der Waals surface area contributed by atoms with Crippen LogP contribution in [0.5, 0.6) is 0 Å². The van der Waals surface area contributed by atoms with Crippen molar-refractivity contribution in [3.63, 3.8) is 0 Å². The Kier molecular flexibility index (Phi) is 4.41. The number of nitrogens with one attached hydrogen (secondary N) is 1. The third-order valence-electron chi connectivity index (χ3n) is 4.62. The topological polar surface area (TPSA) is 86.1 Å². The van der Waals surface area contributed by atoms with Gasteiger partial charge in [0, 0.05) is 10.9 Å². The highest BCUT2D eigenvalue weighted by molar-refractivity contribution is 5.90. The van der Waals surface area contributed by atoms with Crippen molar-refractivity contribution >= 4 is 16.9 Å². The molecule has 0 bridgehead atoms. The predicted molar refractivity (Wildman–Crippen MR) is 90.6 cm³/mol. The molecular weight excluding hydrogens is 304 g/mol. The summed E-state index contributed by atoms with van der Waals surface area (Å²) in [5, 5.41) is 19.7. The minimum Gasteiger partial charge on any atom is -0.481 e. The average Bonchev–Trinajstić information content (AvgIpc) is 2.95. The van der Waals surface area contributed by atoms with E-state index in [1.54, 1.807) is 6.07 Å². The lowest BCUT2D eigenvalue weighted by Gasteiger charge is -2.36. The van der Waals surface area contributed by atoms with E-state index in [4.69, 9.17) is 4.74 Å². The first-order valence-corrected chi connectivity index (χ1v) is 8.12. The van der Waals surface area contributed by atoms with Crippen LogP contribution < -0.4 is 0 Å². The fourth-order valence-corrected chi connectivity index (χ4v) is 3.62. The number of carboxylic acids is 1. The van der Waals surface area contributed by atoms with Gasteiger partial charge in [-0.15, -0.1) is 0 Å². The summed E-state index contributed by atoms with van der Waals surface area (Å²) in [6.45, 7) is 2.40. The Morgan fingerprint density at radius 3 is 3.08 bits per heavy atom. The fourth-order valence-electron chi connectivity index (χ4n) is 3.62. The molecule has 1 aliphatic rings. The summed E-state index contributed by atoms with van der Waals surface area (Å²) < 4.78 is 6.02. The number of fused-ring (bicyclic) bond motifs is 3. The minimum atomic E-state index is -0.887.